The van der Waals surface area contributed by atoms with Crippen molar-refractivity contribution in [3.05, 3.63) is 69.8 Å². The Hall–Kier alpha value is -3.22. The van der Waals surface area contributed by atoms with Crippen molar-refractivity contribution in [1.82, 2.24) is 0 Å². The molecule has 0 heterocycles. The maximum absolute atomic E-state index is 12.0. The first-order chi connectivity index (χ1) is 11.4. The standard InChI is InChI=1S/C17H16N2O5/c1-11-3-7-14(8-4-11)18-16(20)12(2)24-17(21)13-5-9-15(10-6-13)19(22)23/h3-10,12H,1-2H3,(H,18,20)/t12-/m0/s1. The number of ether oxygens (including phenoxy) is 1. The van der Waals surface area contributed by atoms with Crippen molar-refractivity contribution in [2.24, 2.45) is 0 Å². The van der Waals surface area contributed by atoms with E-state index in [9.17, 15) is 19.7 Å². The van der Waals surface area contributed by atoms with E-state index < -0.39 is 22.9 Å². The molecule has 24 heavy (non-hydrogen) atoms. The molecule has 7 nitrogen and oxygen atoms in total. The third-order valence-electron chi connectivity index (χ3n) is 3.29. The van der Waals surface area contributed by atoms with Gasteiger partial charge in [-0.3, -0.25) is 14.9 Å². The Balaban J connectivity index is 1.96. The van der Waals surface area contributed by atoms with Gasteiger partial charge in [0, 0.05) is 17.8 Å². The van der Waals surface area contributed by atoms with Crippen LogP contribution in [-0.4, -0.2) is 22.9 Å². The van der Waals surface area contributed by atoms with Gasteiger partial charge < -0.3 is 10.1 Å². The zero-order valence-electron chi connectivity index (χ0n) is 13.2. The van der Waals surface area contributed by atoms with E-state index >= 15 is 0 Å². The van der Waals surface area contributed by atoms with Crippen LogP contribution < -0.4 is 5.32 Å². The molecule has 0 bridgehead atoms. The lowest BCUT2D eigenvalue weighted by molar-refractivity contribution is -0.384. The molecule has 1 amide bonds. The van der Waals surface area contributed by atoms with Crippen LogP contribution in [0, 0.1) is 17.0 Å². The number of nitrogens with one attached hydrogen (secondary N) is 1. The Labute approximate surface area is 138 Å². The summed E-state index contributed by atoms with van der Waals surface area (Å²) in [6.45, 7) is 3.38. The van der Waals surface area contributed by atoms with Gasteiger partial charge in [0.25, 0.3) is 11.6 Å². The van der Waals surface area contributed by atoms with Crippen molar-refractivity contribution in [1.29, 1.82) is 0 Å². The Morgan fingerprint density at radius 1 is 1.08 bits per heavy atom. The highest BCUT2D eigenvalue weighted by Gasteiger charge is 2.19. The van der Waals surface area contributed by atoms with Crippen molar-refractivity contribution in [3.63, 3.8) is 0 Å². The Kier molecular flexibility index (Phi) is 5.26. The number of non-ortho nitro benzene ring substituents is 1. The molecule has 0 unspecified atom stereocenters. The van der Waals surface area contributed by atoms with Gasteiger partial charge in [-0.15, -0.1) is 0 Å². The number of carbonyl (C=O) groups excluding carboxylic acids is 2. The molecule has 0 aromatic heterocycles. The number of esters is 1. The number of nitro groups is 1. The molecule has 0 saturated carbocycles. The van der Waals surface area contributed by atoms with Gasteiger partial charge >= 0.3 is 5.97 Å². The van der Waals surface area contributed by atoms with Gasteiger partial charge in [-0.25, -0.2) is 4.79 Å². The van der Waals surface area contributed by atoms with Crippen molar-refractivity contribution >= 4 is 23.3 Å². The fraction of sp³-hybridized carbons (Fsp3) is 0.176. The average Bonchev–Trinajstić information content (AvgIpc) is 2.56. The molecule has 0 aliphatic carbocycles. The summed E-state index contributed by atoms with van der Waals surface area (Å²) in [5, 5.41) is 13.2. The monoisotopic (exact) mass is 328 g/mol. The van der Waals surface area contributed by atoms with Crippen LogP contribution in [0.1, 0.15) is 22.8 Å². The molecular weight excluding hydrogens is 312 g/mol. The highest BCUT2D eigenvalue weighted by Crippen LogP contribution is 2.14. The predicted octanol–water partition coefficient (Wildman–Crippen LogP) is 3.09. The number of hydrogen-bond acceptors (Lipinski definition) is 5. The second kappa shape index (κ2) is 7.36. The number of carbonyl (C=O) groups is 2. The van der Waals surface area contributed by atoms with Gasteiger partial charge in [0.2, 0.25) is 0 Å². The number of hydrogen-bond donors (Lipinski definition) is 1. The van der Waals surface area contributed by atoms with Crippen LogP contribution in [0.5, 0.6) is 0 Å². The van der Waals surface area contributed by atoms with Gasteiger partial charge in [-0.05, 0) is 38.1 Å². The molecule has 2 rings (SSSR count). The molecule has 0 radical (unpaired) electrons. The van der Waals surface area contributed by atoms with Crippen molar-refractivity contribution in [3.8, 4) is 0 Å². The smallest absolute Gasteiger partial charge is 0.338 e. The minimum absolute atomic E-state index is 0.128. The molecule has 0 spiro atoms. The van der Waals surface area contributed by atoms with Crippen LogP contribution in [0.3, 0.4) is 0 Å². The van der Waals surface area contributed by atoms with Gasteiger partial charge in [-0.1, -0.05) is 17.7 Å². The molecule has 0 saturated heterocycles. The molecule has 124 valence electrons. The van der Waals surface area contributed by atoms with Crippen LogP contribution in [0.25, 0.3) is 0 Å². The fourth-order valence-corrected chi connectivity index (χ4v) is 1.88. The highest BCUT2D eigenvalue weighted by atomic mass is 16.6. The van der Waals surface area contributed by atoms with E-state index in [2.05, 4.69) is 5.32 Å². The first-order valence-corrected chi connectivity index (χ1v) is 7.20. The lowest BCUT2D eigenvalue weighted by atomic mass is 10.2. The summed E-state index contributed by atoms with van der Waals surface area (Å²) in [7, 11) is 0. The van der Waals surface area contributed by atoms with Crippen LogP contribution in [-0.2, 0) is 9.53 Å². The summed E-state index contributed by atoms with van der Waals surface area (Å²) in [6.07, 6.45) is -1.01. The molecule has 0 fully saturated rings. The van der Waals surface area contributed by atoms with Gasteiger partial charge in [0.1, 0.15) is 0 Å². The third kappa shape index (κ3) is 4.39. The zero-order valence-corrected chi connectivity index (χ0v) is 13.2. The highest BCUT2D eigenvalue weighted by molar-refractivity contribution is 5.97. The molecule has 1 atom stereocenters. The van der Waals surface area contributed by atoms with Crippen LogP contribution in [0.4, 0.5) is 11.4 Å². The number of aryl methyl sites for hydroxylation is 1. The van der Waals surface area contributed by atoms with E-state index in [1.807, 2.05) is 19.1 Å². The van der Waals surface area contributed by atoms with E-state index in [0.717, 1.165) is 5.56 Å². The van der Waals surface area contributed by atoms with E-state index in [1.54, 1.807) is 12.1 Å². The summed E-state index contributed by atoms with van der Waals surface area (Å²) in [5.74, 6) is -1.19. The Morgan fingerprint density at radius 3 is 2.21 bits per heavy atom. The van der Waals surface area contributed by atoms with Gasteiger partial charge in [-0.2, -0.15) is 0 Å². The van der Waals surface area contributed by atoms with Crippen LogP contribution in [0.2, 0.25) is 0 Å². The van der Waals surface area contributed by atoms with Crippen molar-refractivity contribution in [2.75, 3.05) is 5.32 Å². The number of benzene rings is 2. The molecule has 0 aliphatic heterocycles. The molecule has 7 heteroatoms. The van der Waals surface area contributed by atoms with Crippen molar-refractivity contribution < 1.29 is 19.2 Å². The quantitative estimate of drug-likeness (QED) is 0.516. The molecule has 0 aliphatic rings. The number of amides is 1. The lowest BCUT2D eigenvalue weighted by Crippen LogP contribution is -2.30. The largest absolute Gasteiger partial charge is 0.449 e. The molecule has 2 aromatic rings. The van der Waals surface area contributed by atoms with E-state index in [1.165, 1.54) is 31.2 Å². The predicted molar refractivity (Wildman–Crippen MR) is 87.8 cm³/mol. The summed E-state index contributed by atoms with van der Waals surface area (Å²) >= 11 is 0. The normalized spacial score (nSPS) is 11.4. The maximum atomic E-state index is 12.0. The first kappa shape index (κ1) is 17.1. The van der Waals surface area contributed by atoms with Crippen molar-refractivity contribution in [2.45, 2.75) is 20.0 Å². The van der Waals surface area contributed by atoms with Gasteiger partial charge in [0.05, 0.1) is 10.5 Å². The fourth-order valence-electron chi connectivity index (χ4n) is 1.88. The number of nitro benzene ring substituents is 1. The SMILES string of the molecule is Cc1ccc(NC(=O)[C@H](C)OC(=O)c2ccc([N+](=O)[O-])cc2)cc1. The van der Waals surface area contributed by atoms with Crippen LogP contribution >= 0.6 is 0 Å². The minimum atomic E-state index is -1.01. The van der Waals surface area contributed by atoms with Gasteiger partial charge in [0.15, 0.2) is 6.10 Å². The number of nitrogens with zero attached hydrogens (tertiary/aromatic N) is 1. The summed E-state index contributed by atoms with van der Waals surface area (Å²) in [5.41, 5.74) is 1.67. The number of anilines is 1. The minimum Gasteiger partial charge on any atom is -0.449 e. The van der Waals surface area contributed by atoms with E-state index in [-0.39, 0.29) is 11.3 Å². The summed E-state index contributed by atoms with van der Waals surface area (Å²) in [4.78, 5) is 34.0. The molecule has 1 N–H and O–H groups in total. The topological polar surface area (TPSA) is 98.5 Å². The van der Waals surface area contributed by atoms with E-state index in [0.29, 0.717) is 5.69 Å². The summed E-state index contributed by atoms with van der Waals surface area (Å²) in [6, 6.07) is 12.2. The van der Waals surface area contributed by atoms with E-state index in [4.69, 9.17) is 4.74 Å². The summed E-state index contributed by atoms with van der Waals surface area (Å²) < 4.78 is 5.07. The zero-order chi connectivity index (χ0) is 17.7. The second-order valence-electron chi connectivity index (χ2n) is 5.21. The first-order valence-electron chi connectivity index (χ1n) is 7.20. The second-order valence-corrected chi connectivity index (χ2v) is 5.21. The Bertz CT molecular complexity index is 754. The maximum Gasteiger partial charge on any atom is 0.338 e. The Morgan fingerprint density at radius 2 is 1.67 bits per heavy atom. The average molecular weight is 328 g/mol. The molecular formula is C17H16N2O5. The lowest BCUT2D eigenvalue weighted by Gasteiger charge is -2.13. The third-order valence-corrected chi connectivity index (χ3v) is 3.29. The number of rotatable bonds is 5. The van der Waals surface area contributed by atoms with Crippen LogP contribution in [0.15, 0.2) is 48.5 Å². The molecule has 2 aromatic carbocycles.